The summed E-state index contributed by atoms with van der Waals surface area (Å²) in [7, 11) is 0. The van der Waals surface area contributed by atoms with E-state index in [1.165, 1.54) is 98.8 Å². The molecule has 10 aromatic rings. The molecule has 10 rings (SSSR count). The van der Waals surface area contributed by atoms with Crippen molar-refractivity contribution in [2.45, 2.75) is 26.2 Å². The van der Waals surface area contributed by atoms with Crippen molar-refractivity contribution in [1.82, 2.24) is 4.57 Å². The van der Waals surface area contributed by atoms with E-state index in [4.69, 9.17) is 0 Å². The zero-order chi connectivity index (χ0) is 35.7. The monoisotopic (exact) mass is 677 g/mol. The maximum atomic E-state index is 2.48. The molecule has 0 radical (unpaired) electrons. The van der Waals surface area contributed by atoms with Crippen LogP contribution in [0.15, 0.2) is 182 Å². The highest BCUT2D eigenvalue weighted by atomic mass is 15.0. The van der Waals surface area contributed by atoms with Gasteiger partial charge < -0.3 is 4.57 Å². The molecule has 0 spiro atoms. The predicted molar refractivity (Wildman–Crippen MR) is 228 cm³/mol. The highest BCUT2D eigenvalue weighted by molar-refractivity contribution is 6.23. The Balaban J connectivity index is 1.20. The standard InChI is InChI=1S/C52H39N/c1-52(2,3)37-30-31-40-47-33-46(39-20-10-15-25-45(39)51(47)53(48(40)32-37)38-18-8-5-9-19-38)34-26-28-36(29-27-34)50-43-23-13-11-21-41(43)49(35-16-6-4-7-17-35)42-22-12-14-24-44(42)50/h4-33H,1-3H3. The summed E-state index contributed by atoms with van der Waals surface area (Å²) in [4.78, 5) is 0. The van der Waals surface area contributed by atoms with Crippen LogP contribution >= 0.6 is 0 Å². The van der Waals surface area contributed by atoms with Crippen molar-refractivity contribution >= 4 is 54.1 Å². The Labute approximate surface area is 310 Å². The van der Waals surface area contributed by atoms with Crippen LogP contribution in [0.1, 0.15) is 26.3 Å². The summed E-state index contributed by atoms with van der Waals surface area (Å²) < 4.78 is 2.48. The molecule has 1 aromatic heterocycles. The van der Waals surface area contributed by atoms with Gasteiger partial charge in [0.05, 0.1) is 11.0 Å². The van der Waals surface area contributed by atoms with Gasteiger partial charge in [-0.3, -0.25) is 0 Å². The number of hydrogen-bond acceptors (Lipinski definition) is 0. The minimum Gasteiger partial charge on any atom is -0.309 e. The molecule has 0 fully saturated rings. The average Bonchev–Trinajstić information content (AvgIpc) is 3.54. The minimum atomic E-state index is 0.0413. The molecular formula is C52H39N. The van der Waals surface area contributed by atoms with E-state index in [0.717, 1.165) is 0 Å². The van der Waals surface area contributed by atoms with Gasteiger partial charge in [-0.1, -0.05) is 178 Å². The number of benzene rings is 9. The lowest BCUT2D eigenvalue weighted by atomic mass is 9.85. The summed E-state index contributed by atoms with van der Waals surface area (Å²) in [5.41, 5.74) is 12.6. The predicted octanol–water partition coefficient (Wildman–Crippen LogP) is 14.5. The van der Waals surface area contributed by atoms with E-state index in [-0.39, 0.29) is 5.41 Å². The van der Waals surface area contributed by atoms with Crippen LogP contribution in [0.25, 0.3) is 93.2 Å². The highest BCUT2D eigenvalue weighted by Gasteiger charge is 2.22. The maximum absolute atomic E-state index is 2.48. The highest BCUT2D eigenvalue weighted by Crippen LogP contribution is 2.45. The van der Waals surface area contributed by atoms with Crippen LogP contribution < -0.4 is 0 Å². The number of nitrogens with zero attached hydrogens (tertiary/aromatic N) is 1. The quantitative estimate of drug-likeness (QED) is 0.163. The van der Waals surface area contributed by atoms with E-state index in [9.17, 15) is 0 Å². The van der Waals surface area contributed by atoms with Crippen LogP contribution in [-0.4, -0.2) is 4.57 Å². The third-order valence-corrected chi connectivity index (χ3v) is 11.1. The number of rotatable bonds is 4. The first-order chi connectivity index (χ1) is 26.0. The lowest BCUT2D eigenvalue weighted by molar-refractivity contribution is 0.591. The van der Waals surface area contributed by atoms with Crippen LogP contribution in [0.5, 0.6) is 0 Å². The van der Waals surface area contributed by atoms with Crippen molar-refractivity contribution in [3.05, 3.63) is 188 Å². The number of hydrogen-bond donors (Lipinski definition) is 0. The second-order valence-corrected chi connectivity index (χ2v) is 15.3. The summed E-state index contributed by atoms with van der Waals surface area (Å²) in [6.07, 6.45) is 0. The lowest BCUT2D eigenvalue weighted by Gasteiger charge is -2.19. The zero-order valence-electron chi connectivity index (χ0n) is 30.3. The van der Waals surface area contributed by atoms with Crippen molar-refractivity contribution in [3.63, 3.8) is 0 Å². The van der Waals surface area contributed by atoms with Gasteiger partial charge in [-0.2, -0.15) is 0 Å². The van der Waals surface area contributed by atoms with Crippen LogP contribution in [-0.2, 0) is 5.41 Å². The molecule has 0 aliphatic heterocycles. The van der Waals surface area contributed by atoms with Gasteiger partial charge in [0.1, 0.15) is 0 Å². The van der Waals surface area contributed by atoms with Crippen LogP contribution in [0, 0.1) is 0 Å². The molecule has 0 atom stereocenters. The molecule has 0 unspecified atom stereocenters. The zero-order valence-corrected chi connectivity index (χ0v) is 30.3. The molecule has 0 bridgehead atoms. The minimum absolute atomic E-state index is 0.0413. The molecule has 1 heterocycles. The van der Waals surface area contributed by atoms with Crippen molar-refractivity contribution in [2.24, 2.45) is 0 Å². The fourth-order valence-electron chi connectivity index (χ4n) is 8.59. The molecule has 252 valence electrons. The van der Waals surface area contributed by atoms with Gasteiger partial charge >= 0.3 is 0 Å². The van der Waals surface area contributed by atoms with E-state index in [1.807, 2.05) is 0 Å². The largest absolute Gasteiger partial charge is 0.309 e. The van der Waals surface area contributed by atoms with Crippen LogP contribution in [0.4, 0.5) is 0 Å². The fourth-order valence-corrected chi connectivity index (χ4v) is 8.59. The van der Waals surface area contributed by atoms with Gasteiger partial charge in [-0.05, 0) is 95.6 Å². The Morgan fingerprint density at radius 1 is 0.358 bits per heavy atom. The van der Waals surface area contributed by atoms with Crippen molar-refractivity contribution < 1.29 is 0 Å². The molecule has 0 aliphatic carbocycles. The SMILES string of the molecule is CC(C)(C)c1ccc2c3cc(-c4ccc(-c5c6ccccc6c(-c6ccccc6)c6ccccc56)cc4)c4ccccc4c3n(-c3ccccc3)c2c1. The van der Waals surface area contributed by atoms with Crippen LogP contribution in [0.2, 0.25) is 0 Å². The summed E-state index contributed by atoms with van der Waals surface area (Å²) in [5, 5.41) is 10.2. The maximum Gasteiger partial charge on any atom is 0.0619 e. The molecule has 0 N–H and O–H groups in total. The smallest absolute Gasteiger partial charge is 0.0619 e. The van der Waals surface area contributed by atoms with Gasteiger partial charge in [0, 0.05) is 21.8 Å². The molecule has 53 heavy (non-hydrogen) atoms. The Morgan fingerprint density at radius 2 is 0.830 bits per heavy atom. The number of para-hydroxylation sites is 1. The van der Waals surface area contributed by atoms with Crippen molar-refractivity contribution in [3.8, 4) is 39.1 Å². The number of fused-ring (bicyclic) bond motifs is 7. The van der Waals surface area contributed by atoms with Gasteiger partial charge in [0.25, 0.3) is 0 Å². The summed E-state index contributed by atoms with van der Waals surface area (Å²) in [5.74, 6) is 0. The first-order valence-corrected chi connectivity index (χ1v) is 18.6. The Bertz CT molecular complexity index is 2940. The van der Waals surface area contributed by atoms with E-state index in [0.29, 0.717) is 0 Å². The van der Waals surface area contributed by atoms with E-state index in [2.05, 4.69) is 207 Å². The molecular weight excluding hydrogens is 639 g/mol. The second kappa shape index (κ2) is 12.1. The third kappa shape index (κ3) is 4.99. The van der Waals surface area contributed by atoms with E-state index in [1.54, 1.807) is 0 Å². The first kappa shape index (κ1) is 31.3. The summed E-state index contributed by atoms with van der Waals surface area (Å²) in [6.45, 7) is 6.89. The third-order valence-electron chi connectivity index (χ3n) is 11.1. The second-order valence-electron chi connectivity index (χ2n) is 15.3. The molecule has 0 amide bonds. The van der Waals surface area contributed by atoms with Gasteiger partial charge in [0.15, 0.2) is 0 Å². The Hall–Kier alpha value is -6.44. The molecule has 1 heteroatoms. The summed E-state index contributed by atoms with van der Waals surface area (Å²) in [6, 6.07) is 67.2. The number of aromatic nitrogens is 1. The van der Waals surface area contributed by atoms with Gasteiger partial charge in [0.2, 0.25) is 0 Å². The molecule has 0 saturated heterocycles. The van der Waals surface area contributed by atoms with Crippen LogP contribution in [0.3, 0.4) is 0 Å². The van der Waals surface area contributed by atoms with E-state index >= 15 is 0 Å². The van der Waals surface area contributed by atoms with Crippen molar-refractivity contribution in [1.29, 1.82) is 0 Å². The Morgan fingerprint density at radius 3 is 1.40 bits per heavy atom. The van der Waals surface area contributed by atoms with Gasteiger partial charge in [-0.15, -0.1) is 0 Å². The molecule has 9 aromatic carbocycles. The Kier molecular flexibility index (Phi) is 7.13. The fraction of sp³-hybridized carbons (Fsp3) is 0.0769. The average molecular weight is 678 g/mol. The molecule has 0 aliphatic rings. The summed E-state index contributed by atoms with van der Waals surface area (Å²) >= 11 is 0. The van der Waals surface area contributed by atoms with E-state index < -0.39 is 0 Å². The molecule has 0 saturated carbocycles. The van der Waals surface area contributed by atoms with Crippen molar-refractivity contribution in [2.75, 3.05) is 0 Å². The van der Waals surface area contributed by atoms with Gasteiger partial charge in [-0.25, -0.2) is 0 Å². The lowest BCUT2D eigenvalue weighted by Crippen LogP contribution is -2.10. The normalized spacial score (nSPS) is 12.1. The topological polar surface area (TPSA) is 4.93 Å². The first-order valence-electron chi connectivity index (χ1n) is 18.6. The molecule has 1 nitrogen and oxygen atoms in total.